The van der Waals surface area contributed by atoms with Crippen LogP contribution in [0.5, 0.6) is 0 Å². The third-order valence-corrected chi connectivity index (χ3v) is 2.93. The molecular formula is C15H25NO. The number of aryl methyl sites for hydroxylation is 1. The summed E-state index contributed by atoms with van der Waals surface area (Å²) in [4.78, 5) is 0. The first-order valence-electron chi connectivity index (χ1n) is 6.57. The zero-order chi connectivity index (χ0) is 12.8. The van der Waals surface area contributed by atoms with E-state index in [0.29, 0.717) is 6.04 Å². The van der Waals surface area contributed by atoms with Crippen molar-refractivity contribution in [3.8, 4) is 0 Å². The molecule has 17 heavy (non-hydrogen) atoms. The lowest BCUT2D eigenvalue weighted by Gasteiger charge is -2.23. The van der Waals surface area contributed by atoms with Crippen molar-refractivity contribution in [2.45, 2.75) is 58.7 Å². The highest BCUT2D eigenvalue weighted by Crippen LogP contribution is 2.18. The highest BCUT2D eigenvalue weighted by molar-refractivity contribution is 5.25. The standard InChI is InChI=1S/C15H25NO/c1-5-6-13-7-9-14(10-8-13)15(17)12(4)16-11(2)3/h7-12,15-17H,5-6H2,1-4H3. The van der Waals surface area contributed by atoms with E-state index in [4.69, 9.17) is 0 Å². The summed E-state index contributed by atoms with van der Waals surface area (Å²) in [5.74, 6) is 0. The number of hydrogen-bond donors (Lipinski definition) is 2. The monoisotopic (exact) mass is 235 g/mol. The van der Waals surface area contributed by atoms with Gasteiger partial charge in [0.15, 0.2) is 0 Å². The van der Waals surface area contributed by atoms with Gasteiger partial charge in [-0.25, -0.2) is 0 Å². The summed E-state index contributed by atoms with van der Waals surface area (Å²) in [6, 6.07) is 8.77. The van der Waals surface area contributed by atoms with Gasteiger partial charge in [-0.1, -0.05) is 51.5 Å². The molecule has 0 aromatic heterocycles. The molecule has 1 aromatic carbocycles. The van der Waals surface area contributed by atoms with Crippen molar-refractivity contribution in [2.24, 2.45) is 0 Å². The molecule has 0 radical (unpaired) electrons. The maximum absolute atomic E-state index is 10.2. The van der Waals surface area contributed by atoms with Crippen molar-refractivity contribution in [1.82, 2.24) is 5.32 Å². The highest BCUT2D eigenvalue weighted by Gasteiger charge is 2.16. The second kappa shape index (κ2) is 6.77. The fourth-order valence-corrected chi connectivity index (χ4v) is 2.08. The predicted molar refractivity (Wildman–Crippen MR) is 73.1 cm³/mol. The Labute approximate surface area is 105 Å². The van der Waals surface area contributed by atoms with Gasteiger partial charge in [-0.15, -0.1) is 0 Å². The minimum Gasteiger partial charge on any atom is -0.387 e. The lowest BCUT2D eigenvalue weighted by atomic mass is 10.0. The normalized spacial score (nSPS) is 14.9. The molecule has 2 N–H and O–H groups in total. The second-order valence-corrected chi connectivity index (χ2v) is 5.05. The highest BCUT2D eigenvalue weighted by atomic mass is 16.3. The van der Waals surface area contributed by atoms with Gasteiger partial charge in [0, 0.05) is 12.1 Å². The van der Waals surface area contributed by atoms with Gasteiger partial charge in [0.2, 0.25) is 0 Å². The van der Waals surface area contributed by atoms with E-state index in [1.54, 1.807) is 0 Å². The topological polar surface area (TPSA) is 32.3 Å². The Balaban J connectivity index is 2.65. The molecule has 0 aliphatic heterocycles. The maximum atomic E-state index is 10.2. The molecule has 0 spiro atoms. The Morgan fingerprint density at radius 1 is 1.12 bits per heavy atom. The van der Waals surface area contributed by atoms with Crippen LogP contribution in [-0.4, -0.2) is 17.2 Å². The molecule has 1 rings (SSSR count). The van der Waals surface area contributed by atoms with Crippen LogP contribution in [-0.2, 0) is 6.42 Å². The van der Waals surface area contributed by atoms with E-state index in [1.807, 2.05) is 19.1 Å². The zero-order valence-electron chi connectivity index (χ0n) is 11.4. The van der Waals surface area contributed by atoms with Gasteiger partial charge in [0.1, 0.15) is 0 Å². The van der Waals surface area contributed by atoms with Gasteiger partial charge >= 0.3 is 0 Å². The van der Waals surface area contributed by atoms with Gasteiger partial charge < -0.3 is 10.4 Å². The van der Waals surface area contributed by atoms with Crippen molar-refractivity contribution in [3.63, 3.8) is 0 Å². The van der Waals surface area contributed by atoms with Crippen molar-refractivity contribution >= 4 is 0 Å². The van der Waals surface area contributed by atoms with Crippen LogP contribution < -0.4 is 5.32 Å². The molecule has 0 heterocycles. The SMILES string of the molecule is CCCc1ccc(C(O)C(C)NC(C)C)cc1. The molecule has 0 aliphatic carbocycles. The van der Waals surface area contributed by atoms with Crippen molar-refractivity contribution < 1.29 is 5.11 Å². The summed E-state index contributed by atoms with van der Waals surface area (Å²) >= 11 is 0. The van der Waals surface area contributed by atoms with Crippen molar-refractivity contribution in [1.29, 1.82) is 0 Å². The average Bonchev–Trinajstić information content (AvgIpc) is 2.28. The van der Waals surface area contributed by atoms with Gasteiger partial charge in [0.25, 0.3) is 0 Å². The minimum atomic E-state index is -0.437. The summed E-state index contributed by atoms with van der Waals surface area (Å²) in [6.45, 7) is 8.38. The molecule has 96 valence electrons. The molecule has 0 bridgehead atoms. The molecule has 0 aliphatic rings. The quantitative estimate of drug-likeness (QED) is 0.794. The zero-order valence-corrected chi connectivity index (χ0v) is 11.4. The van der Waals surface area contributed by atoms with Crippen LogP contribution in [0.4, 0.5) is 0 Å². The molecular weight excluding hydrogens is 210 g/mol. The van der Waals surface area contributed by atoms with E-state index < -0.39 is 6.10 Å². The smallest absolute Gasteiger partial charge is 0.0940 e. The molecule has 1 aromatic rings. The maximum Gasteiger partial charge on any atom is 0.0940 e. The Bertz CT molecular complexity index is 318. The lowest BCUT2D eigenvalue weighted by Crippen LogP contribution is -2.36. The molecule has 0 amide bonds. The molecule has 0 saturated carbocycles. The number of benzene rings is 1. The summed E-state index contributed by atoms with van der Waals surface area (Å²) in [7, 11) is 0. The number of rotatable bonds is 6. The van der Waals surface area contributed by atoms with E-state index in [9.17, 15) is 5.11 Å². The van der Waals surface area contributed by atoms with E-state index >= 15 is 0 Å². The molecule has 2 atom stereocenters. The molecule has 2 nitrogen and oxygen atoms in total. The molecule has 0 fully saturated rings. The van der Waals surface area contributed by atoms with Gasteiger partial charge in [-0.3, -0.25) is 0 Å². The molecule has 0 saturated heterocycles. The van der Waals surface area contributed by atoms with Gasteiger partial charge in [-0.05, 0) is 24.5 Å². The van der Waals surface area contributed by atoms with E-state index in [2.05, 4.69) is 38.2 Å². The van der Waals surface area contributed by atoms with Crippen LogP contribution in [0, 0.1) is 0 Å². The third kappa shape index (κ3) is 4.49. The van der Waals surface area contributed by atoms with Crippen LogP contribution in [0.15, 0.2) is 24.3 Å². The minimum absolute atomic E-state index is 0.0759. The summed E-state index contributed by atoms with van der Waals surface area (Å²) < 4.78 is 0. The van der Waals surface area contributed by atoms with Crippen LogP contribution in [0.1, 0.15) is 51.3 Å². The Morgan fingerprint density at radius 3 is 2.18 bits per heavy atom. The Kier molecular flexibility index (Phi) is 5.66. The van der Waals surface area contributed by atoms with Crippen LogP contribution in [0.3, 0.4) is 0 Å². The summed E-state index contributed by atoms with van der Waals surface area (Å²) in [6.07, 6.45) is 1.83. The Hall–Kier alpha value is -0.860. The van der Waals surface area contributed by atoms with Crippen LogP contribution in [0.25, 0.3) is 0 Å². The van der Waals surface area contributed by atoms with Crippen LogP contribution >= 0.6 is 0 Å². The average molecular weight is 235 g/mol. The summed E-state index contributed by atoms with van der Waals surface area (Å²) in [5, 5.41) is 13.5. The first kappa shape index (κ1) is 14.2. The van der Waals surface area contributed by atoms with Gasteiger partial charge in [-0.2, -0.15) is 0 Å². The largest absolute Gasteiger partial charge is 0.387 e. The Morgan fingerprint density at radius 2 is 1.71 bits per heavy atom. The van der Waals surface area contributed by atoms with E-state index in [-0.39, 0.29) is 6.04 Å². The van der Waals surface area contributed by atoms with Gasteiger partial charge in [0.05, 0.1) is 6.10 Å². The first-order valence-corrected chi connectivity index (χ1v) is 6.57. The number of hydrogen-bond acceptors (Lipinski definition) is 2. The summed E-state index contributed by atoms with van der Waals surface area (Å²) in [5.41, 5.74) is 2.33. The molecule has 2 unspecified atom stereocenters. The fourth-order valence-electron chi connectivity index (χ4n) is 2.08. The first-order chi connectivity index (χ1) is 8.04. The van der Waals surface area contributed by atoms with E-state index in [1.165, 1.54) is 5.56 Å². The molecule has 2 heteroatoms. The van der Waals surface area contributed by atoms with E-state index in [0.717, 1.165) is 18.4 Å². The lowest BCUT2D eigenvalue weighted by molar-refractivity contribution is 0.132. The second-order valence-electron chi connectivity index (χ2n) is 5.05. The number of nitrogens with one attached hydrogen (secondary N) is 1. The van der Waals surface area contributed by atoms with Crippen molar-refractivity contribution in [2.75, 3.05) is 0 Å². The van der Waals surface area contributed by atoms with Crippen molar-refractivity contribution in [3.05, 3.63) is 35.4 Å². The predicted octanol–water partition coefficient (Wildman–Crippen LogP) is 3.06. The third-order valence-electron chi connectivity index (χ3n) is 2.93. The van der Waals surface area contributed by atoms with Crippen LogP contribution in [0.2, 0.25) is 0 Å². The fraction of sp³-hybridized carbons (Fsp3) is 0.600. The number of aliphatic hydroxyl groups is 1. The number of aliphatic hydroxyl groups excluding tert-OH is 1.